The van der Waals surface area contributed by atoms with Crippen LogP contribution in [0.2, 0.25) is 0 Å². The minimum Gasteiger partial charge on any atom is -0.394 e. The predicted octanol–water partition coefficient (Wildman–Crippen LogP) is 0.866. The third kappa shape index (κ3) is 3.51. The van der Waals surface area contributed by atoms with E-state index in [9.17, 15) is 9.50 Å². The molecule has 1 fully saturated rings. The van der Waals surface area contributed by atoms with E-state index in [-0.39, 0.29) is 24.6 Å². The number of aliphatic hydroxyl groups excluding tert-OH is 1. The summed E-state index contributed by atoms with van der Waals surface area (Å²) in [5.74, 6) is -0.244. The molecule has 0 amide bonds. The van der Waals surface area contributed by atoms with Crippen molar-refractivity contribution in [3.63, 3.8) is 0 Å². The fraction of sp³-hybridized carbons (Fsp3) is 0.571. The number of halogens is 1. The number of morpholine rings is 1. The zero-order valence-electron chi connectivity index (χ0n) is 11.2. The van der Waals surface area contributed by atoms with E-state index in [0.717, 1.165) is 11.1 Å². The summed E-state index contributed by atoms with van der Waals surface area (Å²) >= 11 is 0. The molecule has 0 bridgehead atoms. The summed E-state index contributed by atoms with van der Waals surface area (Å²) in [5, 5.41) is 9.17. The highest BCUT2D eigenvalue weighted by Gasteiger charge is 2.26. The summed E-state index contributed by atoms with van der Waals surface area (Å²) in [4.78, 5) is 2.19. The van der Waals surface area contributed by atoms with E-state index >= 15 is 0 Å². The van der Waals surface area contributed by atoms with E-state index < -0.39 is 0 Å². The van der Waals surface area contributed by atoms with Gasteiger partial charge in [0.15, 0.2) is 0 Å². The number of hydrogen-bond donors (Lipinski definition) is 2. The number of nitrogens with zero attached hydrogens (tertiary/aromatic N) is 1. The van der Waals surface area contributed by atoms with Crippen LogP contribution >= 0.6 is 0 Å². The van der Waals surface area contributed by atoms with Crippen LogP contribution in [0.4, 0.5) is 4.39 Å². The summed E-state index contributed by atoms with van der Waals surface area (Å²) in [6.07, 6.45) is -0.161. The van der Waals surface area contributed by atoms with Gasteiger partial charge >= 0.3 is 0 Å². The smallest absolute Gasteiger partial charge is 0.123 e. The molecule has 4 nitrogen and oxygen atoms in total. The van der Waals surface area contributed by atoms with Crippen molar-refractivity contribution in [3.8, 4) is 0 Å². The van der Waals surface area contributed by atoms with Gasteiger partial charge in [0.2, 0.25) is 0 Å². The molecular weight excluding hydrogens is 247 g/mol. The molecule has 5 heteroatoms. The van der Waals surface area contributed by atoms with Gasteiger partial charge in [-0.15, -0.1) is 0 Å². The monoisotopic (exact) mass is 268 g/mol. The van der Waals surface area contributed by atoms with Gasteiger partial charge in [0.1, 0.15) is 5.82 Å². The number of ether oxygens (including phenoxy) is 1. The van der Waals surface area contributed by atoms with Crippen LogP contribution in [0, 0.1) is 5.82 Å². The molecule has 3 N–H and O–H groups in total. The molecule has 0 aromatic heterocycles. The van der Waals surface area contributed by atoms with Gasteiger partial charge in [0, 0.05) is 25.7 Å². The minimum atomic E-state index is -0.244. The second kappa shape index (κ2) is 6.43. The topological polar surface area (TPSA) is 58.7 Å². The molecule has 1 saturated heterocycles. The van der Waals surface area contributed by atoms with Crippen LogP contribution in [0.3, 0.4) is 0 Å². The Balaban J connectivity index is 2.12. The molecule has 0 spiro atoms. The molecule has 0 aliphatic carbocycles. The molecule has 2 atom stereocenters. The third-order valence-electron chi connectivity index (χ3n) is 3.60. The Kier molecular flexibility index (Phi) is 4.87. The molecule has 19 heavy (non-hydrogen) atoms. The van der Waals surface area contributed by atoms with Gasteiger partial charge in [0.25, 0.3) is 0 Å². The van der Waals surface area contributed by atoms with E-state index in [1.54, 1.807) is 12.1 Å². The van der Waals surface area contributed by atoms with Gasteiger partial charge in [-0.05, 0) is 30.2 Å². The number of rotatable bonds is 4. The van der Waals surface area contributed by atoms with E-state index in [1.807, 2.05) is 0 Å². The molecule has 1 aliphatic rings. The van der Waals surface area contributed by atoms with Crippen molar-refractivity contribution in [1.82, 2.24) is 4.90 Å². The van der Waals surface area contributed by atoms with Gasteiger partial charge in [-0.3, -0.25) is 4.90 Å². The van der Waals surface area contributed by atoms with E-state index in [2.05, 4.69) is 11.8 Å². The van der Waals surface area contributed by atoms with Gasteiger partial charge in [-0.2, -0.15) is 0 Å². The minimum absolute atomic E-state index is 0.0100. The first-order valence-corrected chi connectivity index (χ1v) is 6.58. The zero-order valence-corrected chi connectivity index (χ0v) is 11.2. The zero-order chi connectivity index (χ0) is 13.8. The Labute approximate surface area is 113 Å². The average molecular weight is 268 g/mol. The molecule has 106 valence electrons. The van der Waals surface area contributed by atoms with Gasteiger partial charge in [-0.25, -0.2) is 4.39 Å². The molecule has 1 aromatic rings. The van der Waals surface area contributed by atoms with Crippen LogP contribution in [-0.2, 0) is 17.8 Å². The van der Waals surface area contributed by atoms with Crippen LogP contribution in [0.25, 0.3) is 0 Å². The van der Waals surface area contributed by atoms with Crippen molar-refractivity contribution >= 4 is 0 Å². The Morgan fingerprint density at radius 3 is 2.95 bits per heavy atom. The number of benzene rings is 1. The second-order valence-electron chi connectivity index (χ2n) is 5.03. The largest absolute Gasteiger partial charge is 0.394 e. The van der Waals surface area contributed by atoms with Crippen LogP contribution in [-0.4, -0.2) is 41.9 Å². The van der Waals surface area contributed by atoms with Gasteiger partial charge < -0.3 is 15.6 Å². The SMILES string of the molecule is CC1COC(CO)CN1Cc1cc(F)ccc1CN. The molecule has 0 radical (unpaired) electrons. The van der Waals surface area contributed by atoms with Crippen molar-refractivity contribution in [3.05, 3.63) is 35.1 Å². The summed E-state index contributed by atoms with van der Waals surface area (Å²) < 4.78 is 18.9. The number of hydrogen-bond acceptors (Lipinski definition) is 4. The summed E-state index contributed by atoms with van der Waals surface area (Å²) in [6, 6.07) is 4.96. The van der Waals surface area contributed by atoms with Crippen molar-refractivity contribution in [2.75, 3.05) is 19.8 Å². The van der Waals surface area contributed by atoms with Crippen molar-refractivity contribution < 1.29 is 14.2 Å². The fourth-order valence-corrected chi connectivity index (χ4v) is 2.37. The molecule has 2 rings (SSSR count). The third-order valence-corrected chi connectivity index (χ3v) is 3.60. The maximum absolute atomic E-state index is 13.4. The lowest BCUT2D eigenvalue weighted by atomic mass is 10.1. The standard InChI is InChI=1S/C14H21FN2O2/c1-10-9-19-14(8-18)7-17(10)6-12-4-13(15)3-2-11(12)5-16/h2-4,10,14,18H,5-9,16H2,1H3. The fourth-order valence-electron chi connectivity index (χ4n) is 2.37. The van der Waals surface area contributed by atoms with Crippen LogP contribution in [0.15, 0.2) is 18.2 Å². The predicted molar refractivity (Wildman–Crippen MR) is 71.0 cm³/mol. The molecule has 2 unspecified atom stereocenters. The summed E-state index contributed by atoms with van der Waals surface area (Å²) in [6.45, 7) is 4.34. The molecule has 1 aromatic carbocycles. The van der Waals surface area contributed by atoms with Crippen LogP contribution in [0.5, 0.6) is 0 Å². The molecule has 1 heterocycles. The first kappa shape index (κ1) is 14.4. The second-order valence-corrected chi connectivity index (χ2v) is 5.03. The average Bonchev–Trinajstić information content (AvgIpc) is 2.41. The van der Waals surface area contributed by atoms with Crippen molar-refractivity contribution in [2.24, 2.45) is 5.73 Å². The highest BCUT2D eigenvalue weighted by atomic mass is 19.1. The highest BCUT2D eigenvalue weighted by molar-refractivity contribution is 5.27. The number of nitrogens with two attached hydrogens (primary N) is 1. The number of aliphatic hydroxyl groups is 1. The van der Waals surface area contributed by atoms with E-state index in [1.165, 1.54) is 6.07 Å². The summed E-state index contributed by atoms with van der Waals surface area (Å²) in [7, 11) is 0. The van der Waals surface area contributed by atoms with Crippen molar-refractivity contribution in [1.29, 1.82) is 0 Å². The molecule has 0 saturated carbocycles. The Morgan fingerprint density at radius 1 is 1.47 bits per heavy atom. The Hall–Kier alpha value is -1.01. The quantitative estimate of drug-likeness (QED) is 0.850. The van der Waals surface area contributed by atoms with E-state index in [4.69, 9.17) is 10.5 Å². The Morgan fingerprint density at radius 2 is 2.26 bits per heavy atom. The van der Waals surface area contributed by atoms with Crippen LogP contribution < -0.4 is 5.73 Å². The lowest BCUT2D eigenvalue weighted by Crippen LogP contribution is -2.49. The van der Waals surface area contributed by atoms with Gasteiger partial charge in [0.05, 0.1) is 19.3 Å². The highest BCUT2D eigenvalue weighted by Crippen LogP contribution is 2.18. The summed E-state index contributed by atoms with van der Waals surface area (Å²) in [5.41, 5.74) is 7.56. The molecule has 1 aliphatic heterocycles. The first-order valence-electron chi connectivity index (χ1n) is 6.58. The van der Waals surface area contributed by atoms with Crippen LogP contribution in [0.1, 0.15) is 18.1 Å². The first-order chi connectivity index (χ1) is 9.13. The maximum atomic E-state index is 13.4. The maximum Gasteiger partial charge on any atom is 0.123 e. The van der Waals surface area contributed by atoms with Gasteiger partial charge in [-0.1, -0.05) is 6.07 Å². The van der Waals surface area contributed by atoms with E-state index in [0.29, 0.717) is 26.2 Å². The lowest BCUT2D eigenvalue weighted by Gasteiger charge is -2.37. The normalized spacial score (nSPS) is 24.6. The Bertz CT molecular complexity index is 428. The molecular formula is C14H21FN2O2. The van der Waals surface area contributed by atoms with Crippen molar-refractivity contribution in [2.45, 2.75) is 32.2 Å². The lowest BCUT2D eigenvalue weighted by molar-refractivity contribution is -0.0806.